The van der Waals surface area contributed by atoms with E-state index in [0.717, 1.165) is 19.4 Å². The third-order valence-electron chi connectivity index (χ3n) is 3.72. The van der Waals surface area contributed by atoms with Gasteiger partial charge in [0.05, 0.1) is 6.20 Å². The molecule has 3 rings (SSSR count). The Kier molecular flexibility index (Phi) is 4.15. The van der Waals surface area contributed by atoms with Crippen LogP contribution in [-0.2, 0) is 0 Å². The van der Waals surface area contributed by atoms with Crippen LogP contribution in [0.1, 0.15) is 41.7 Å². The summed E-state index contributed by atoms with van der Waals surface area (Å²) in [6.07, 6.45) is 3.27. The molecule has 1 aromatic rings. The number of halogens is 2. The van der Waals surface area contributed by atoms with Gasteiger partial charge in [0.1, 0.15) is 11.9 Å². The molecule has 1 aromatic heterocycles. The SMILES string of the molecule is C[C@H]1NC[C@@H]1Oc1cnc(C(N)=O)c(F)c1C1CC1.Cl. The molecule has 0 bridgehead atoms. The van der Waals surface area contributed by atoms with E-state index in [1.54, 1.807) is 0 Å². The number of hydrogen-bond acceptors (Lipinski definition) is 4. The van der Waals surface area contributed by atoms with Gasteiger partial charge in [0, 0.05) is 18.2 Å². The van der Waals surface area contributed by atoms with E-state index in [2.05, 4.69) is 10.3 Å². The lowest BCUT2D eigenvalue weighted by Crippen LogP contribution is -2.58. The summed E-state index contributed by atoms with van der Waals surface area (Å²) in [5, 5.41) is 3.17. The third-order valence-corrected chi connectivity index (χ3v) is 3.72. The van der Waals surface area contributed by atoms with Crippen molar-refractivity contribution in [2.24, 2.45) is 5.73 Å². The van der Waals surface area contributed by atoms with E-state index < -0.39 is 11.7 Å². The lowest BCUT2D eigenvalue weighted by Gasteiger charge is -2.35. The molecule has 1 saturated carbocycles. The van der Waals surface area contributed by atoms with Crippen molar-refractivity contribution in [3.05, 3.63) is 23.3 Å². The number of aromatic nitrogens is 1. The fraction of sp³-hybridized carbons (Fsp3) is 0.538. The Morgan fingerprint density at radius 2 is 2.25 bits per heavy atom. The van der Waals surface area contributed by atoms with Gasteiger partial charge in [-0.2, -0.15) is 0 Å². The molecule has 7 heteroatoms. The zero-order valence-electron chi connectivity index (χ0n) is 11.1. The molecule has 0 radical (unpaired) electrons. The topological polar surface area (TPSA) is 77.2 Å². The summed E-state index contributed by atoms with van der Waals surface area (Å²) >= 11 is 0. The molecule has 20 heavy (non-hydrogen) atoms. The number of ether oxygens (including phenoxy) is 1. The van der Waals surface area contributed by atoms with Crippen molar-refractivity contribution >= 4 is 18.3 Å². The molecule has 1 aliphatic carbocycles. The average Bonchev–Trinajstić information content (AvgIpc) is 3.18. The standard InChI is InChI=1S/C13H16FN3O2.ClH/c1-6-8(4-16-6)19-9-5-17-12(13(15)18)11(14)10(9)7-2-3-7;/h5-8,16H,2-4H2,1H3,(H2,15,18);1H/t6-,8+;/m1./s1. The molecule has 2 fully saturated rings. The van der Waals surface area contributed by atoms with Gasteiger partial charge in [-0.05, 0) is 25.7 Å². The van der Waals surface area contributed by atoms with Gasteiger partial charge in [-0.25, -0.2) is 9.37 Å². The highest BCUT2D eigenvalue weighted by molar-refractivity contribution is 5.91. The van der Waals surface area contributed by atoms with Crippen molar-refractivity contribution < 1.29 is 13.9 Å². The van der Waals surface area contributed by atoms with Crippen molar-refractivity contribution in [2.45, 2.75) is 37.8 Å². The lowest BCUT2D eigenvalue weighted by molar-refractivity contribution is 0.0914. The van der Waals surface area contributed by atoms with Crippen LogP contribution in [0.3, 0.4) is 0 Å². The van der Waals surface area contributed by atoms with Crippen molar-refractivity contribution in [3.8, 4) is 5.75 Å². The second kappa shape index (κ2) is 5.54. The van der Waals surface area contributed by atoms with Gasteiger partial charge in [-0.15, -0.1) is 12.4 Å². The molecule has 2 aliphatic rings. The number of pyridine rings is 1. The van der Waals surface area contributed by atoms with E-state index >= 15 is 0 Å². The maximum atomic E-state index is 14.3. The number of amides is 1. The van der Waals surface area contributed by atoms with E-state index in [1.165, 1.54) is 6.20 Å². The van der Waals surface area contributed by atoms with Crippen molar-refractivity contribution in [1.82, 2.24) is 10.3 Å². The van der Waals surface area contributed by atoms with E-state index in [0.29, 0.717) is 11.3 Å². The summed E-state index contributed by atoms with van der Waals surface area (Å²) in [5.74, 6) is -0.889. The first-order valence-corrected chi connectivity index (χ1v) is 6.46. The largest absolute Gasteiger partial charge is 0.485 e. The van der Waals surface area contributed by atoms with Crippen LogP contribution >= 0.6 is 12.4 Å². The zero-order valence-corrected chi connectivity index (χ0v) is 11.9. The predicted molar refractivity (Wildman–Crippen MR) is 73.8 cm³/mol. The normalized spacial score (nSPS) is 24.5. The van der Waals surface area contributed by atoms with Crippen LogP contribution in [-0.4, -0.2) is 29.6 Å². The first-order chi connectivity index (χ1) is 9.08. The second-order valence-corrected chi connectivity index (χ2v) is 5.19. The van der Waals surface area contributed by atoms with E-state index in [9.17, 15) is 9.18 Å². The Hall–Kier alpha value is -1.40. The number of carbonyl (C=O) groups excluding carboxylic acids is 1. The number of nitrogens with two attached hydrogens (primary N) is 1. The van der Waals surface area contributed by atoms with Crippen molar-refractivity contribution in [2.75, 3.05) is 6.54 Å². The first kappa shape index (κ1) is 15.0. The predicted octanol–water partition coefficient (Wildman–Crippen LogP) is 1.36. The van der Waals surface area contributed by atoms with Gasteiger partial charge in [-0.3, -0.25) is 4.79 Å². The molecule has 0 unspecified atom stereocenters. The Labute approximate surface area is 122 Å². The molecule has 110 valence electrons. The Balaban J connectivity index is 0.00000147. The number of primary amides is 1. The number of hydrogen-bond donors (Lipinski definition) is 2. The van der Waals surface area contributed by atoms with Crippen LogP contribution in [0, 0.1) is 5.82 Å². The van der Waals surface area contributed by atoms with Crippen LogP contribution in [0.2, 0.25) is 0 Å². The Bertz CT molecular complexity index is 537. The molecule has 0 aromatic carbocycles. The fourth-order valence-corrected chi connectivity index (χ4v) is 2.26. The Morgan fingerprint density at radius 3 is 2.70 bits per heavy atom. The molecule has 2 heterocycles. The van der Waals surface area contributed by atoms with E-state index in [1.807, 2.05) is 6.92 Å². The molecule has 2 atom stereocenters. The monoisotopic (exact) mass is 301 g/mol. The van der Waals surface area contributed by atoms with Gasteiger partial charge < -0.3 is 15.8 Å². The summed E-state index contributed by atoms with van der Waals surface area (Å²) in [6.45, 7) is 2.75. The van der Waals surface area contributed by atoms with E-state index in [-0.39, 0.29) is 36.2 Å². The number of rotatable bonds is 4. The second-order valence-electron chi connectivity index (χ2n) is 5.19. The Morgan fingerprint density at radius 1 is 1.55 bits per heavy atom. The summed E-state index contributed by atoms with van der Waals surface area (Å²) in [6, 6.07) is 0.242. The molecule has 1 aliphatic heterocycles. The fourth-order valence-electron chi connectivity index (χ4n) is 2.26. The first-order valence-electron chi connectivity index (χ1n) is 6.46. The summed E-state index contributed by atoms with van der Waals surface area (Å²) in [4.78, 5) is 14.9. The minimum atomic E-state index is -0.843. The maximum absolute atomic E-state index is 14.3. The summed E-state index contributed by atoms with van der Waals surface area (Å²) < 4.78 is 20.1. The molecule has 5 nitrogen and oxygen atoms in total. The van der Waals surface area contributed by atoms with E-state index in [4.69, 9.17) is 10.5 Å². The van der Waals surface area contributed by atoms with Gasteiger partial charge in [-0.1, -0.05) is 0 Å². The zero-order chi connectivity index (χ0) is 13.6. The van der Waals surface area contributed by atoms with Crippen LogP contribution < -0.4 is 15.8 Å². The third kappa shape index (κ3) is 2.58. The van der Waals surface area contributed by atoms with Gasteiger partial charge in [0.25, 0.3) is 5.91 Å². The number of nitrogens with zero attached hydrogens (tertiary/aromatic N) is 1. The van der Waals surface area contributed by atoms with Crippen LogP contribution in [0.15, 0.2) is 6.20 Å². The average molecular weight is 302 g/mol. The number of carbonyl (C=O) groups is 1. The minimum Gasteiger partial charge on any atom is -0.485 e. The highest BCUT2D eigenvalue weighted by Crippen LogP contribution is 2.46. The molecule has 3 N–H and O–H groups in total. The summed E-state index contributed by atoms with van der Waals surface area (Å²) in [7, 11) is 0. The minimum absolute atomic E-state index is 0. The van der Waals surface area contributed by atoms with Gasteiger partial charge >= 0.3 is 0 Å². The molecule has 0 spiro atoms. The highest BCUT2D eigenvalue weighted by Gasteiger charge is 2.35. The van der Waals surface area contributed by atoms with Crippen molar-refractivity contribution in [1.29, 1.82) is 0 Å². The van der Waals surface area contributed by atoms with Crippen LogP contribution in [0.4, 0.5) is 4.39 Å². The van der Waals surface area contributed by atoms with Crippen LogP contribution in [0.5, 0.6) is 5.75 Å². The van der Waals surface area contributed by atoms with Gasteiger partial charge in [0.2, 0.25) is 0 Å². The lowest BCUT2D eigenvalue weighted by atomic mass is 10.0. The molecular weight excluding hydrogens is 285 g/mol. The molecule has 1 amide bonds. The maximum Gasteiger partial charge on any atom is 0.270 e. The smallest absolute Gasteiger partial charge is 0.270 e. The highest BCUT2D eigenvalue weighted by atomic mass is 35.5. The van der Waals surface area contributed by atoms with Crippen LogP contribution in [0.25, 0.3) is 0 Å². The summed E-state index contributed by atoms with van der Waals surface area (Å²) in [5.41, 5.74) is 5.29. The van der Waals surface area contributed by atoms with Gasteiger partial charge in [0.15, 0.2) is 11.5 Å². The quantitative estimate of drug-likeness (QED) is 0.880. The number of nitrogens with one attached hydrogen (secondary N) is 1. The molecule has 1 saturated heterocycles. The molecular formula is C13H17ClFN3O2. The van der Waals surface area contributed by atoms with Crippen molar-refractivity contribution in [3.63, 3.8) is 0 Å².